The molecule has 0 bridgehead atoms. The first kappa shape index (κ1) is 19.9. The minimum absolute atomic E-state index is 0.239. The lowest BCUT2D eigenvalue weighted by Gasteiger charge is -2.39. The third kappa shape index (κ3) is 2.51. The molecule has 3 aromatic rings. The van der Waals surface area contributed by atoms with E-state index in [0.29, 0.717) is 11.8 Å². The molecule has 0 amide bonds. The smallest absolute Gasteiger partial charge is 0.0516 e. The molecule has 7 rings (SSSR count). The van der Waals surface area contributed by atoms with E-state index in [1.165, 1.54) is 50.1 Å². The second kappa shape index (κ2) is 7.23. The highest BCUT2D eigenvalue weighted by Gasteiger charge is 2.58. The molecule has 0 nitrogen and oxygen atoms in total. The van der Waals surface area contributed by atoms with Gasteiger partial charge in [0, 0.05) is 23.3 Å². The van der Waals surface area contributed by atoms with Gasteiger partial charge in [-0.05, 0) is 69.7 Å². The highest BCUT2D eigenvalue weighted by Crippen LogP contribution is 2.66. The minimum atomic E-state index is -0.239. The largest absolute Gasteiger partial charge is 0.0940 e. The Kier molecular flexibility index (Phi) is 4.23. The van der Waals surface area contributed by atoms with Gasteiger partial charge in [-0.25, -0.2) is 0 Å². The van der Waals surface area contributed by atoms with Gasteiger partial charge in [-0.1, -0.05) is 108 Å². The summed E-state index contributed by atoms with van der Waals surface area (Å²) in [6.07, 6.45) is 12.3. The Morgan fingerprint density at radius 1 is 0.882 bits per heavy atom. The van der Waals surface area contributed by atoms with Gasteiger partial charge in [0.1, 0.15) is 0 Å². The molecule has 1 spiro atoms. The van der Waals surface area contributed by atoms with E-state index in [1.54, 1.807) is 0 Å². The van der Waals surface area contributed by atoms with Crippen LogP contribution in [-0.4, -0.2) is 0 Å². The van der Waals surface area contributed by atoms with Crippen LogP contribution in [-0.2, 0) is 5.41 Å². The first-order chi connectivity index (χ1) is 16.7. The summed E-state index contributed by atoms with van der Waals surface area (Å²) in [5.41, 5.74) is 12.0. The first-order valence-corrected chi connectivity index (χ1v) is 12.3. The van der Waals surface area contributed by atoms with E-state index >= 15 is 0 Å². The van der Waals surface area contributed by atoms with Crippen molar-refractivity contribution in [3.8, 4) is 34.1 Å². The van der Waals surface area contributed by atoms with Crippen LogP contribution < -0.4 is 0 Å². The number of hydrogen-bond acceptors (Lipinski definition) is 0. The number of fused-ring (bicyclic) bond motifs is 9. The lowest BCUT2D eigenvalue weighted by molar-refractivity contribution is 0.426. The fraction of sp³-hybridized carbons (Fsp3) is 0.152. The van der Waals surface area contributed by atoms with Gasteiger partial charge in [-0.15, -0.1) is 0 Å². The van der Waals surface area contributed by atoms with E-state index in [9.17, 15) is 0 Å². The Labute approximate surface area is 206 Å². The quantitative estimate of drug-likeness (QED) is 0.324. The molecule has 3 aromatic carbocycles. The first-order valence-electron chi connectivity index (χ1n) is 11.9. The summed E-state index contributed by atoms with van der Waals surface area (Å²) < 4.78 is 0. The highest BCUT2D eigenvalue weighted by molar-refractivity contribution is 6.30. The van der Waals surface area contributed by atoms with Crippen LogP contribution >= 0.6 is 11.6 Å². The zero-order valence-corrected chi connectivity index (χ0v) is 19.7. The van der Waals surface area contributed by atoms with Crippen LogP contribution in [0.15, 0.2) is 114 Å². The molecule has 0 heterocycles. The molecular weight excluding hydrogens is 432 g/mol. The molecule has 0 radical (unpaired) electrons. The maximum Gasteiger partial charge on any atom is 0.0516 e. The van der Waals surface area contributed by atoms with Gasteiger partial charge >= 0.3 is 0 Å². The van der Waals surface area contributed by atoms with Crippen molar-refractivity contribution in [1.82, 2.24) is 0 Å². The molecular formula is C33H23Cl. The van der Waals surface area contributed by atoms with Gasteiger partial charge in [0.25, 0.3) is 0 Å². The van der Waals surface area contributed by atoms with Crippen molar-refractivity contribution in [2.75, 3.05) is 0 Å². The molecule has 0 fully saturated rings. The molecule has 0 aromatic heterocycles. The Morgan fingerprint density at radius 2 is 1.68 bits per heavy atom. The number of allylic oxidation sites excluding steroid dienone is 8. The van der Waals surface area contributed by atoms with E-state index in [2.05, 4.69) is 97.7 Å². The molecule has 4 aliphatic carbocycles. The predicted octanol–water partition coefficient (Wildman–Crippen LogP) is 8.30. The van der Waals surface area contributed by atoms with Crippen LogP contribution in [0.5, 0.6) is 0 Å². The Bertz CT molecular complexity index is 1550. The fourth-order valence-corrected chi connectivity index (χ4v) is 6.98. The van der Waals surface area contributed by atoms with Gasteiger partial charge in [0.15, 0.2) is 0 Å². The lowest BCUT2D eigenvalue weighted by Crippen LogP contribution is -2.35. The van der Waals surface area contributed by atoms with Crippen molar-refractivity contribution in [3.63, 3.8) is 0 Å². The summed E-state index contributed by atoms with van der Waals surface area (Å²) in [5, 5.41) is 0.764. The van der Waals surface area contributed by atoms with Crippen LogP contribution in [0.1, 0.15) is 24.5 Å². The average molecular weight is 455 g/mol. The minimum Gasteiger partial charge on any atom is -0.0940 e. The van der Waals surface area contributed by atoms with E-state index in [0.717, 1.165) is 11.4 Å². The molecule has 162 valence electrons. The SMILES string of the molecule is CC1=CC2C(C=C1)C1=C(CC#CC=C1)C21c2ccccc2-c2cccc(-c3ccc(Cl)cc3)c21. The van der Waals surface area contributed by atoms with Crippen molar-refractivity contribution in [3.05, 3.63) is 130 Å². The van der Waals surface area contributed by atoms with Gasteiger partial charge in [-0.2, -0.15) is 0 Å². The Balaban J connectivity index is 1.63. The van der Waals surface area contributed by atoms with Crippen LogP contribution in [0.2, 0.25) is 5.02 Å². The number of hydrogen-bond donors (Lipinski definition) is 0. The average Bonchev–Trinajstić information content (AvgIpc) is 3.16. The number of rotatable bonds is 1. The van der Waals surface area contributed by atoms with Gasteiger partial charge < -0.3 is 0 Å². The van der Waals surface area contributed by atoms with Crippen LogP contribution in [0.4, 0.5) is 0 Å². The van der Waals surface area contributed by atoms with Crippen molar-refractivity contribution in [1.29, 1.82) is 0 Å². The molecule has 1 heteroatoms. The maximum absolute atomic E-state index is 6.28. The van der Waals surface area contributed by atoms with Crippen molar-refractivity contribution < 1.29 is 0 Å². The molecule has 0 N–H and O–H groups in total. The molecule has 0 saturated heterocycles. The van der Waals surface area contributed by atoms with Crippen LogP contribution in [0.3, 0.4) is 0 Å². The van der Waals surface area contributed by atoms with E-state index in [1.807, 2.05) is 18.2 Å². The molecule has 34 heavy (non-hydrogen) atoms. The van der Waals surface area contributed by atoms with E-state index in [-0.39, 0.29) is 5.41 Å². The highest BCUT2D eigenvalue weighted by atomic mass is 35.5. The predicted molar refractivity (Wildman–Crippen MR) is 142 cm³/mol. The normalized spacial score (nSPS) is 25.2. The molecule has 3 unspecified atom stereocenters. The zero-order valence-electron chi connectivity index (χ0n) is 19.0. The second-order valence-corrected chi connectivity index (χ2v) is 10.1. The van der Waals surface area contributed by atoms with Gasteiger partial charge in [-0.3, -0.25) is 0 Å². The number of benzene rings is 3. The third-order valence-corrected chi connectivity index (χ3v) is 8.30. The van der Waals surface area contributed by atoms with Gasteiger partial charge in [0.2, 0.25) is 0 Å². The monoisotopic (exact) mass is 454 g/mol. The van der Waals surface area contributed by atoms with Crippen molar-refractivity contribution >= 4 is 11.6 Å². The number of halogens is 1. The molecule has 0 aliphatic heterocycles. The maximum atomic E-state index is 6.28. The van der Waals surface area contributed by atoms with Crippen molar-refractivity contribution in [2.24, 2.45) is 11.8 Å². The lowest BCUT2D eigenvalue weighted by atomic mass is 9.62. The second-order valence-electron chi connectivity index (χ2n) is 9.68. The summed E-state index contributed by atoms with van der Waals surface area (Å²) in [5.74, 6) is 7.39. The molecule has 3 atom stereocenters. The third-order valence-electron chi connectivity index (χ3n) is 8.05. The summed E-state index contributed by atoms with van der Waals surface area (Å²) in [4.78, 5) is 0. The fourth-order valence-electron chi connectivity index (χ4n) is 6.85. The molecule has 0 saturated carbocycles. The van der Waals surface area contributed by atoms with Crippen molar-refractivity contribution in [2.45, 2.75) is 18.8 Å². The Hall–Kier alpha value is -3.53. The Morgan fingerprint density at radius 3 is 2.56 bits per heavy atom. The van der Waals surface area contributed by atoms with Gasteiger partial charge in [0.05, 0.1) is 5.41 Å². The summed E-state index contributed by atoms with van der Waals surface area (Å²) in [6, 6.07) is 24.2. The standard InChI is InChI=1S/C33H23Cl/c1-21-14-19-27-25-8-3-2-4-12-29(25)33(31(27)20-21)30-13-6-5-9-26(30)28-11-7-10-24(32(28)33)22-15-17-23(34)18-16-22/h3,5-11,13-20,27,31H,12H2,1H3. The van der Waals surface area contributed by atoms with E-state index < -0.39 is 0 Å². The van der Waals surface area contributed by atoms with E-state index in [4.69, 9.17) is 11.6 Å². The summed E-state index contributed by atoms with van der Waals surface area (Å²) >= 11 is 6.28. The zero-order chi connectivity index (χ0) is 22.9. The topological polar surface area (TPSA) is 0 Å². The van der Waals surface area contributed by atoms with Crippen LogP contribution in [0.25, 0.3) is 22.3 Å². The molecule has 4 aliphatic rings. The summed E-state index contributed by atoms with van der Waals surface area (Å²) in [7, 11) is 0. The van der Waals surface area contributed by atoms with Crippen LogP contribution in [0, 0.1) is 23.7 Å². The summed E-state index contributed by atoms with van der Waals surface area (Å²) in [6.45, 7) is 2.23.